The summed E-state index contributed by atoms with van der Waals surface area (Å²) in [6, 6.07) is 0. The van der Waals surface area contributed by atoms with Gasteiger partial charge in [0, 0.05) is 11.8 Å². The Bertz CT molecular complexity index is 711. The van der Waals surface area contributed by atoms with Crippen LogP contribution in [-0.2, 0) is 14.0 Å². The van der Waals surface area contributed by atoms with E-state index in [1.807, 2.05) is 0 Å². The van der Waals surface area contributed by atoms with Crippen LogP contribution in [0, 0.1) is 6.92 Å². The first kappa shape index (κ1) is 23.5. The van der Waals surface area contributed by atoms with Crippen LogP contribution in [0.2, 0.25) is 0 Å². The van der Waals surface area contributed by atoms with Gasteiger partial charge in [0.15, 0.2) is 6.23 Å². The van der Waals surface area contributed by atoms with Crippen molar-refractivity contribution >= 4 is 7.60 Å². The molecule has 0 aliphatic carbocycles. The average molecular weight is 362 g/mol. The van der Waals surface area contributed by atoms with E-state index >= 15 is 0 Å². The van der Waals surface area contributed by atoms with E-state index in [0.717, 1.165) is 0 Å². The average Bonchev–Trinajstić information content (AvgIpc) is 2.40. The van der Waals surface area contributed by atoms with E-state index in [0.29, 0.717) is 5.56 Å². The Labute approximate surface area is 175 Å². The van der Waals surface area contributed by atoms with E-state index in [1.165, 1.54) is 22.9 Å². The van der Waals surface area contributed by atoms with Gasteiger partial charge >= 0.3 is 64.8 Å². The molecule has 0 fully saturated rings. The van der Waals surface area contributed by atoms with Crippen molar-refractivity contribution < 1.29 is 82.9 Å². The number of H-pyrrole nitrogens is 1. The molecule has 1 aliphatic rings. The van der Waals surface area contributed by atoms with Gasteiger partial charge in [-0.05, 0) is 20.6 Å². The van der Waals surface area contributed by atoms with Crippen LogP contribution in [0.4, 0.5) is 0 Å². The largest absolute Gasteiger partial charge is 1.00 e. The van der Waals surface area contributed by atoms with Crippen molar-refractivity contribution in [1.82, 2.24) is 9.55 Å². The Hall–Kier alpha value is 0.490. The van der Waals surface area contributed by atoms with Gasteiger partial charge in [-0.2, -0.15) is 0 Å². The monoisotopic (exact) mass is 362 g/mol. The predicted molar refractivity (Wildman–Crippen MR) is 67.5 cm³/mol. The number of aryl methyl sites for hydroxylation is 1. The van der Waals surface area contributed by atoms with E-state index in [4.69, 9.17) is 9.47 Å². The topological polar surface area (TPSA) is 137 Å². The van der Waals surface area contributed by atoms with Crippen molar-refractivity contribution in [3.8, 4) is 0 Å². The fourth-order valence-corrected chi connectivity index (χ4v) is 2.14. The van der Waals surface area contributed by atoms with Crippen LogP contribution in [0.25, 0.3) is 0 Å². The van der Waals surface area contributed by atoms with Crippen LogP contribution < -0.4 is 80.2 Å². The first-order valence-corrected chi connectivity index (χ1v) is 7.74. The fourth-order valence-electron chi connectivity index (χ4n) is 1.76. The Morgan fingerprint density at radius 1 is 1.39 bits per heavy atom. The second kappa shape index (κ2) is 9.84. The van der Waals surface area contributed by atoms with Crippen LogP contribution in [-0.4, -0.2) is 28.6 Å². The Kier molecular flexibility index (Phi) is 10.0. The van der Waals surface area contributed by atoms with Crippen LogP contribution in [0.5, 0.6) is 0 Å². The summed E-state index contributed by atoms with van der Waals surface area (Å²) in [6.45, 7) is 1.53. The summed E-state index contributed by atoms with van der Waals surface area (Å²) in [5, 5.41) is 0. The molecule has 2 atom stereocenters. The van der Waals surface area contributed by atoms with E-state index < -0.39 is 37.5 Å². The van der Waals surface area contributed by atoms with Crippen molar-refractivity contribution in [1.29, 1.82) is 0 Å². The molecule has 0 radical (unpaired) electrons. The number of rotatable bonds is 4. The third-order valence-corrected chi connectivity index (χ3v) is 3.25. The first-order chi connectivity index (χ1) is 9.76. The van der Waals surface area contributed by atoms with Crippen molar-refractivity contribution in [2.75, 3.05) is 13.0 Å². The van der Waals surface area contributed by atoms with E-state index in [-0.39, 0.29) is 65.7 Å². The zero-order valence-corrected chi connectivity index (χ0v) is 17.9. The molecule has 2 unspecified atom stereocenters. The van der Waals surface area contributed by atoms with Crippen molar-refractivity contribution in [3.05, 3.63) is 44.8 Å². The zero-order valence-electron chi connectivity index (χ0n) is 13.1. The number of nitrogens with one attached hydrogen (secondary N) is 1. The van der Waals surface area contributed by atoms with Crippen molar-refractivity contribution in [2.45, 2.75) is 19.3 Å². The second-order valence-corrected chi connectivity index (χ2v) is 6.01. The van der Waals surface area contributed by atoms with Gasteiger partial charge in [0.25, 0.3) is 5.56 Å². The molecular formula is C11H13N2Na2O7P. The summed E-state index contributed by atoms with van der Waals surface area (Å²) in [4.78, 5) is 46.0. The molecule has 0 aromatic carbocycles. The van der Waals surface area contributed by atoms with Gasteiger partial charge in [0.2, 0.25) is 0 Å². The summed E-state index contributed by atoms with van der Waals surface area (Å²) >= 11 is 0. The number of nitrogens with zero attached hydrogens (tertiary/aromatic N) is 1. The number of ether oxygens (including phenoxy) is 2. The minimum atomic E-state index is -4.73. The molecule has 0 saturated heterocycles. The second-order valence-electron chi connectivity index (χ2n) is 4.53. The Balaban J connectivity index is 0.00000242. The summed E-state index contributed by atoms with van der Waals surface area (Å²) in [5.41, 5.74) is -0.745. The van der Waals surface area contributed by atoms with Crippen LogP contribution in [0.15, 0.2) is 27.9 Å². The SMILES string of the molecule is Cc1cn(C2C=CC(OCP(=O)([O-])[O-])CO2)c(=O)[nH]c1=O.[Na+].[Na+]. The van der Waals surface area contributed by atoms with Crippen molar-refractivity contribution in [3.63, 3.8) is 0 Å². The molecule has 116 valence electrons. The van der Waals surface area contributed by atoms with E-state index in [9.17, 15) is 23.9 Å². The molecule has 9 nitrogen and oxygen atoms in total. The molecule has 12 heteroatoms. The van der Waals surface area contributed by atoms with E-state index in [2.05, 4.69) is 4.98 Å². The Morgan fingerprint density at radius 2 is 2.04 bits per heavy atom. The van der Waals surface area contributed by atoms with Gasteiger partial charge < -0.3 is 23.8 Å². The smallest absolute Gasteiger partial charge is 0.809 e. The summed E-state index contributed by atoms with van der Waals surface area (Å²) in [7, 11) is -4.73. The molecule has 1 aliphatic heterocycles. The third-order valence-electron chi connectivity index (χ3n) is 2.79. The fraction of sp³-hybridized carbons (Fsp3) is 0.455. The minimum absolute atomic E-state index is 0. The number of aromatic nitrogens is 2. The van der Waals surface area contributed by atoms with E-state index in [1.54, 1.807) is 6.92 Å². The number of hydrogen-bond donors (Lipinski definition) is 1. The maximum absolute atomic E-state index is 11.7. The quantitative estimate of drug-likeness (QED) is 0.319. The Morgan fingerprint density at radius 3 is 2.57 bits per heavy atom. The molecule has 1 N–H and O–H groups in total. The molecular weight excluding hydrogens is 349 g/mol. The standard InChI is InChI=1S/C11H15N2O7P.2Na/c1-7-4-13(11(15)12-10(7)14)9-3-2-8(5-19-9)20-6-21(16,17)18;;/h2-4,8-9H,5-6H2,1H3,(H,12,14,15)(H2,16,17,18);;/q;2*+1/p-2. The van der Waals surface area contributed by atoms with Gasteiger partial charge in [0.1, 0.15) is 0 Å². The van der Waals surface area contributed by atoms with Crippen LogP contribution in [0.3, 0.4) is 0 Å². The molecule has 0 amide bonds. The third kappa shape index (κ3) is 7.09. The van der Waals surface area contributed by atoms with Gasteiger partial charge in [-0.3, -0.25) is 14.3 Å². The van der Waals surface area contributed by atoms with Crippen LogP contribution in [0.1, 0.15) is 11.8 Å². The normalized spacial score (nSPS) is 20.5. The number of aromatic amines is 1. The maximum atomic E-state index is 11.7. The van der Waals surface area contributed by atoms with Gasteiger partial charge in [-0.1, -0.05) is 6.08 Å². The predicted octanol–water partition coefficient (Wildman–Crippen LogP) is -7.81. The molecule has 23 heavy (non-hydrogen) atoms. The summed E-state index contributed by atoms with van der Waals surface area (Å²) in [6.07, 6.45) is 2.00. The molecule has 0 spiro atoms. The molecule has 0 saturated carbocycles. The minimum Gasteiger partial charge on any atom is -0.809 e. The maximum Gasteiger partial charge on any atom is 1.00 e. The van der Waals surface area contributed by atoms with Gasteiger partial charge in [-0.25, -0.2) is 4.79 Å². The first-order valence-electron chi connectivity index (χ1n) is 6.01. The molecule has 0 bridgehead atoms. The van der Waals surface area contributed by atoms with Crippen LogP contribution >= 0.6 is 7.60 Å². The summed E-state index contributed by atoms with van der Waals surface area (Å²) in [5.74, 6) is 0. The van der Waals surface area contributed by atoms with Crippen molar-refractivity contribution in [2.24, 2.45) is 0 Å². The van der Waals surface area contributed by atoms with Gasteiger partial charge in [-0.15, -0.1) is 0 Å². The molecule has 1 aromatic heterocycles. The number of hydrogen-bond acceptors (Lipinski definition) is 7. The molecule has 2 heterocycles. The molecule has 1 aromatic rings. The molecule has 2 rings (SSSR count). The zero-order chi connectivity index (χ0) is 15.6. The summed E-state index contributed by atoms with van der Waals surface area (Å²) < 4.78 is 21.9. The van der Waals surface area contributed by atoms with Gasteiger partial charge in [0.05, 0.1) is 19.1 Å².